The Bertz CT molecular complexity index is 1190. The van der Waals surface area contributed by atoms with Crippen molar-refractivity contribution in [2.24, 2.45) is 5.41 Å². The highest BCUT2D eigenvalue weighted by atomic mass is 32.1. The smallest absolute Gasteiger partial charge is 0.317 e. The lowest BCUT2D eigenvalue weighted by Gasteiger charge is -2.59. The number of hydrogen-bond acceptors (Lipinski definition) is 5. The summed E-state index contributed by atoms with van der Waals surface area (Å²) in [7, 11) is 0. The normalized spacial score (nSPS) is 22.6. The Labute approximate surface area is 203 Å². The van der Waals surface area contributed by atoms with Gasteiger partial charge in [-0.25, -0.2) is 14.2 Å². The molecule has 8 heteroatoms. The molecule has 2 aromatic carbocycles. The van der Waals surface area contributed by atoms with Crippen LogP contribution >= 0.6 is 11.3 Å². The van der Waals surface area contributed by atoms with E-state index < -0.39 is 0 Å². The van der Waals surface area contributed by atoms with Gasteiger partial charge in [-0.3, -0.25) is 4.90 Å². The average molecular weight is 480 g/mol. The summed E-state index contributed by atoms with van der Waals surface area (Å²) < 4.78 is 14.4. The van der Waals surface area contributed by atoms with E-state index in [-0.39, 0.29) is 23.9 Å². The molecular formula is C26H30FN5OS. The van der Waals surface area contributed by atoms with Crippen molar-refractivity contribution in [2.75, 3.05) is 37.6 Å². The molecule has 1 saturated carbocycles. The zero-order valence-corrected chi connectivity index (χ0v) is 20.2. The van der Waals surface area contributed by atoms with Gasteiger partial charge in [-0.1, -0.05) is 41.7 Å². The van der Waals surface area contributed by atoms with Gasteiger partial charge in [-0.05, 0) is 48.9 Å². The van der Waals surface area contributed by atoms with Gasteiger partial charge in [0.1, 0.15) is 5.82 Å². The van der Waals surface area contributed by atoms with Crippen LogP contribution in [0.1, 0.15) is 25.3 Å². The molecule has 1 atom stereocenters. The first-order valence-electron chi connectivity index (χ1n) is 12.1. The predicted octanol–water partition coefficient (Wildman–Crippen LogP) is 4.32. The standard InChI is InChI=1S/C26H30FN5OS/c1-18-14-31(25-29-22-8-7-20(27)11-23(22)34-25)9-10-32(18)24(33)28-21-12-26(13-21)16-30(17-26)15-19-5-3-2-4-6-19/h2-8,11,18,21H,9-10,12-17H2,1H3,(H,28,33)/t18-/m1/s1. The van der Waals surface area contributed by atoms with Crippen molar-refractivity contribution in [1.82, 2.24) is 20.1 Å². The number of nitrogens with zero attached hydrogens (tertiary/aromatic N) is 4. The second kappa shape index (κ2) is 8.50. The van der Waals surface area contributed by atoms with E-state index in [1.807, 2.05) is 4.90 Å². The number of urea groups is 1. The molecule has 3 aromatic rings. The van der Waals surface area contributed by atoms with Gasteiger partial charge in [-0.2, -0.15) is 0 Å². The molecule has 6 nitrogen and oxygen atoms in total. The zero-order valence-electron chi connectivity index (χ0n) is 19.4. The Balaban J connectivity index is 0.976. The van der Waals surface area contributed by atoms with Gasteiger partial charge in [0.25, 0.3) is 0 Å². The van der Waals surface area contributed by atoms with Crippen LogP contribution in [0.15, 0.2) is 48.5 Å². The largest absolute Gasteiger partial charge is 0.344 e. The molecule has 34 heavy (non-hydrogen) atoms. The van der Waals surface area contributed by atoms with Crippen molar-refractivity contribution < 1.29 is 9.18 Å². The van der Waals surface area contributed by atoms with E-state index in [1.54, 1.807) is 6.07 Å². The van der Waals surface area contributed by atoms with Crippen LogP contribution in [-0.2, 0) is 6.54 Å². The van der Waals surface area contributed by atoms with E-state index in [0.717, 1.165) is 60.9 Å². The van der Waals surface area contributed by atoms with Gasteiger partial charge in [0.05, 0.1) is 10.2 Å². The Morgan fingerprint density at radius 2 is 1.97 bits per heavy atom. The number of anilines is 1. The fourth-order valence-corrected chi connectivity index (χ4v) is 6.94. The number of halogens is 1. The minimum absolute atomic E-state index is 0.0545. The Kier molecular flexibility index (Phi) is 5.45. The molecule has 3 aliphatic rings. The third-order valence-electron chi connectivity index (χ3n) is 7.55. The van der Waals surface area contributed by atoms with E-state index in [4.69, 9.17) is 0 Å². The molecule has 2 amide bonds. The SMILES string of the molecule is C[C@@H]1CN(c2nc3ccc(F)cc3s2)CCN1C(=O)NC1CC2(C1)CN(Cc1ccccc1)C2. The van der Waals surface area contributed by atoms with E-state index in [1.165, 1.54) is 29.0 Å². The molecule has 3 heterocycles. The first-order valence-corrected chi connectivity index (χ1v) is 12.9. The number of benzene rings is 2. The predicted molar refractivity (Wildman–Crippen MR) is 134 cm³/mol. The fourth-order valence-electron chi connectivity index (χ4n) is 5.91. The molecule has 0 radical (unpaired) electrons. The minimum atomic E-state index is -0.235. The maximum Gasteiger partial charge on any atom is 0.317 e. The van der Waals surface area contributed by atoms with Gasteiger partial charge in [0.2, 0.25) is 0 Å². The quantitative estimate of drug-likeness (QED) is 0.606. The highest BCUT2D eigenvalue weighted by molar-refractivity contribution is 7.22. The van der Waals surface area contributed by atoms with Crippen LogP contribution in [-0.4, -0.2) is 65.6 Å². The van der Waals surface area contributed by atoms with Crippen LogP contribution in [0.3, 0.4) is 0 Å². The number of carbonyl (C=O) groups excluding carboxylic acids is 1. The number of carbonyl (C=O) groups is 1. The monoisotopic (exact) mass is 479 g/mol. The van der Waals surface area contributed by atoms with Gasteiger partial charge in [0, 0.05) is 51.4 Å². The number of aromatic nitrogens is 1. The van der Waals surface area contributed by atoms with Gasteiger partial charge < -0.3 is 15.1 Å². The van der Waals surface area contributed by atoms with Crippen LogP contribution in [0.25, 0.3) is 10.2 Å². The maximum absolute atomic E-state index is 13.5. The summed E-state index contributed by atoms with van der Waals surface area (Å²) in [6.45, 7) is 7.52. The van der Waals surface area contributed by atoms with E-state index >= 15 is 0 Å². The van der Waals surface area contributed by atoms with Crippen LogP contribution in [0.5, 0.6) is 0 Å². The molecule has 1 aliphatic carbocycles. The second-order valence-corrected chi connectivity index (χ2v) is 11.3. The third-order valence-corrected chi connectivity index (χ3v) is 8.63. The van der Waals surface area contributed by atoms with Gasteiger partial charge in [-0.15, -0.1) is 0 Å². The topological polar surface area (TPSA) is 51.7 Å². The molecule has 1 N–H and O–H groups in total. The van der Waals surface area contributed by atoms with Crippen LogP contribution < -0.4 is 10.2 Å². The van der Waals surface area contributed by atoms with Gasteiger partial charge >= 0.3 is 6.03 Å². The number of thiazole rings is 1. The Morgan fingerprint density at radius 3 is 2.74 bits per heavy atom. The number of piperazine rings is 1. The molecule has 178 valence electrons. The van der Waals surface area contributed by atoms with E-state index in [0.29, 0.717) is 12.0 Å². The van der Waals surface area contributed by atoms with Crippen LogP contribution in [0.4, 0.5) is 14.3 Å². The number of nitrogens with one attached hydrogen (secondary N) is 1. The molecule has 0 bridgehead atoms. The number of fused-ring (bicyclic) bond motifs is 1. The fraction of sp³-hybridized carbons (Fsp3) is 0.462. The van der Waals surface area contributed by atoms with Crippen LogP contribution in [0, 0.1) is 11.2 Å². The van der Waals surface area contributed by atoms with Crippen molar-refractivity contribution in [3.05, 3.63) is 59.9 Å². The summed E-state index contributed by atoms with van der Waals surface area (Å²) >= 11 is 1.51. The first-order chi connectivity index (χ1) is 16.5. The van der Waals surface area contributed by atoms with Crippen molar-refractivity contribution >= 4 is 32.7 Å². The van der Waals surface area contributed by atoms with E-state index in [9.17, 15) is 9.18 Å². The molecule has 2 aliphatic heterocycles. The van der Waals surface area contributed by atoms with Crippen molar-refractivity contribution in [2.45, 2.75) is 38.4 Å². The summed E-state index contributed by atoms with van der Waals surface area (Å²) in [5.41, 5.74) is 2.60. The Hall–Kier alpha value is -2.71. The highest BCUT2D eigenvalue weighted by Crippen LogP contribution is 2.48. The zero-order chi connectivity index (χ0) is 23.3. The molecule has 2 saturated heterocycles. The molecule has 1 aromatic heterocycles. The van der Waals surface area contributed by atoms with Crippen molar-refractivity contribution in [1.29, 1.82) is 0 Å². The molecule has 1 spiro atoms. The van der Waals surface area contributed by atoms with Crippen molar-refractivity contribution in [3.63, 3.8) is 0 Å². The number of likely N-dealkylation sites (tertiary alicyclic amines) is 1. The van der Waals surface area contributed by atoms with E-state index in [2.05, 4.69) is 57.4 Å². The maximum atomic E-state index is 13.5. The Morgan fingerprint density at radius 1 is 1.18 bits per heavy atom. The number of rotatable bonds is 4. The number of amides is 2. The molecule has 3 fully saturated rings. The second-order valence-electron chi connectivity index (χ2n) is 10.3. The minimum Gasteiger partial charge on any atom is -0.344 e. The average Bonchev–Trinajstić information content (AvgIpc) is 3.20. The first kappa shape index (κ1) is 21.8. The van der Waals surface area contributed by atoms with Crippen LogP contribution in [0.2, 0.25) is 0 Å². The number of hydrogen-bond donors (Lipinski definition) is 1. The summed E-state index contributed by atoms with van der Waals surface area (Å²) in [4.78, 5) is 24.3. The lowest BCUT2D eigenvalue weighted by molar-refractivity contribution is -0.0810. The summed E-state index contributed by atoms with van der Waals surface area (Å²) in [5.74, 6) is -0.235. The lowest BCUT2D eigenvalue weighted by Crippen LogP contribution is -2.67. The van der Waals surface area contributed by atoms with Crippen molar-refractivity contribution in [3.8, 4) is 0 Å². The molecule has 0 unspecified atom stereocenters. The summed E-state index contributed by atoms with van der Waals surface area (Å²) in [6.07, 6.45) is 2.17. The van der Waals surface area contributed by atoms with Gasteiger partial charge in [0.15, 0.2) is 5.13 Å². The third kappa shape index (κ3) is 4.14. The highest BCUT2D eigenvalue weighted by Gasteiger charge is 2.52. The lowest BCUT2D eigenvalue weighted by atomic mass is 9.60. The summed E-state index contributed by atoms with van der Waals surface area (Å²) in [5, 5.41) is 4.18. The molecular weight excluding hydrogens is 449 g/mol. The molecule has 6 rings (SSSR count). The summed E-state index contributed by atoms with van der Waals surface area (Å²) in [6, 6.07) is 15.8.